The Morgan fingerprint density at radius 3 is 2.75 bits per heavy atom. The summed E-state index contributed by atoms with van der Waals surface area (Å²) in [5.41, 5.74) is 6.53. The molecule has 0 radical (unpaired) electrons. The monoisotopic (exact) mass is 300 g/mol. The van der Waals surface area contributed by atoms with Gasteiger partial charge in [-0.25, -0.2) is 0 Å². The van der Waals surface area contributed by atoms with E-state index in [2.05, 4.69) is 5.32 Å². The highest BCUT2D eigenvalue weighted by Crippen LogP contribution is 2.15. The Kier molecular flexibility index (Phi) is 9.86. The van der Waals surface area contributed by atoms with Crippen molar-refractivity contribution in [2.45, 2.75) is 39.2 Å². The summed E-state index contributed by atoms with van der Waals surface area (Å²) in [7, 11) is 0. The SMILES string of the molecule is CCC(Oc1cccc(C)c1)C(=O)NCCCCN.Cl. The Morgan fingerprint density at radius 1 is 1.40 bits per heavy atom. The second-order valence-electron chi connectivity index (χ2n) is 4.62. The zero-order valence-electron chi connectivity index (χ0n) is 12.2. The highest BCUT2D eigenvalue weighted by Gasteiger charge is 2.17. The van der Waals surface area contributed by atoms with Crippen molar-refractivity contribution in [3.8, 4) is 5.75 Å². The van der Waals surface area contributed by atoms with Crippen LogP contribution in [-0.2, 0) is 4.79 Å². The van der Waals surface area contributed by atoms with Crippen LogP contribution in [0.5, 0.6) is 5.75 Å². The maximum absolute atomic E-state index is 12.0. The van der Waals surface area contributed by atoms with Crippen molar-refractivity contribution in [2.24, 2.45) is 5.73 Å². The van der Waals surface area contributed by atoms with Crippen molar-refractivity contribution >= 4 is 18.3 Å². The normalized spacial score (nSPS) is 11.3. The van der Waals surface area contributed by atoms with Gasteiger partial charge in [-0.1, -0.05) is 19.1 Å². The summed E-state index contributed by atoms with van der Waals surface area (Å²) in [5.74, 6) is 0.685. The number of hydrogen-bond acceptors (Lipinski definition) is 3. The fourth-order valence-corrected chi connectivity index (χ4v) is 1.77. The van der Waals surface area contributed by atoms with Gasteiger partial charge in [-0.15, -0.1) is 12.4 Å². The van der Waals surface area contributed by atoms with Crippen molar-refractivity contribution in [1.82, 2.24) is 5.32 Å². The fourth-order valence-electron chi connectivity index (χ4n) is 1.77. The summed E-state index contributed by atoms with van der Waals surface area (Å²) >= 11 is 0. The molecule has 0 aliphatic heterocycles. The number of carbonyl (C=O) groups excluding carboxylic acids is 1. The maximum Gasteiger partial charge on any atom is 0.261 e. The van der Waals surface area contributed by atoms with E-state index in [1.54, 1.807) is 0 Å². The lowest BCUT2D eigenvalue weighted by molar-refractivity contribution is -0.128. The summed E-state index contributed by atoms with van der Waals surface area (Å²) in [6.07, 6.45) is 2.05. The number of aryl methyl sites for hydroxylation is 1. The number of benzene rings is 1. The van der Waals surface area contributed by atoms with E-state index in [-0.39, 0.29) is 18.3 Å². The second kappa shape index (κ2) is 10.5. The van der Waals surface area contributed by atoms with Crippen LogP contribution in [0.4, 0.5) is 0 Å². The third kappa shape index (κ3) is 6.78. The molecule has 0 aliphatic carbocycles. The molecule has 1 atom stereocenters. The van der Waals surface area contributed by atoms with E-state index >= 15 is 0 Å². The van der Waals surface area contributed by atoms with E-state index in [1.165, 1.54) is 0 Å². The number of ether oxygens (including phenoxy) is 1. The van der Waals surface area contributed by atoms with Gasteiger partial charge in [0.2, 0.25) is 0 Å². The molecular formula is C15H25ClN2O2. The number of amides is 1. The van der Waals surface area contributed by atoms with E-state index in [4.69, 9.17) is 10.5 Å². The van der Waals surface area contributed by atoms with Gasteiger partial charge in [0.05, 0.1) is 0 Å². The quantitative estimate of drug-likeness (QED) is 0.725. The van der Waals surface area contributed by atoms with Crippen molar-refractivity contribution < 1.29 is 9.53 Å². The molecule has 0 bridgehead atoms. The lowest BCUT2D eigenvalue weighted by Crippen LogP contribution is -2.38. The van der Waals surface area contributed by atoms with Crippen molar-refractivity contribution in [3.63, 3.8) is 0 Å². The van der Waals surface area contributed by atoms with Crippen LogP contribution in [0, 0.1) is 6.92 Å². The molecule has 0 fully saturated rings. The number of nitrogens with two attached hydrogens (primary N) is 1. The summed E-state index contributed by atoms with van der Waals surface area (Å²) in [6.45, 7) is 5.26. The first-order valence-electron chi connectivity index (χ1n) is 6.88. The summed E-state index contributed by atoms with van der Waals surface area (Å²) in [5, 5.41) is 2.88. The van der Waals surface area contributed by atoms with Crippen LogP contribution < -0.4 is 15.8 Å². The first-order valence-corrected chi connectivity index (χ1v) is 6.88. The zero-order chi connectivity index (χ0) is 14.1. The van der Waals surface area contributed by atoms with Gasteiger partial charge in [0.25, 0.3) is 5.91 Å². The molecule has 0 saturated carbocycles. The smallest absolute Gasteiger partial charge is 0.261 e. The Labute approximate surface area is 127 Å². The molecule has 0 spiro atoms. The standard InChI is InChI=1S/C15H24N2O2.ClH/c1-3-14(15(18)17-10-5-4-9-16)19-13-8-6-7-12(2)11-13;/h6-8,11,14H,3-5,9-10,16H2,1-2H3,(H,17,18);1H. The van der Waals surface area contributed by atoms with Crippen molar-refractivity contribution in [2.75, 3.05) is 13.1 Å². The van der Waals surface area contributed by atoms with Gasteiger partial charge in [0, 0.05) is 6.54 Å². The van der Waals surface area contributed by atoms with E-state index in [1.807, 2.05) is 38.1 Å². The largest absolute Gasteiger partial charge is 0.481 e. The number of carbonyl (C=O) groups is 1. The van der Waals surface area contributed by atoms with Crippen molar-refractivity contribution in [3.05, 3.63) is 29.8 Å². The van der Waals surface area contributed by atoms with E-state index in [0.717, 1.165) is 24.2 Å². The highest BCUT2D eigenvalue weighted by atomic mass is 35.5. The molecule has 0 heterocycles. The van der Waals surface area contributed by atoms with Crippen LogP contribution in [0.15, 0.2) is 24.3 Å². The van der Waals surface area contributed by atoms with E-state index < -0.39 is 6.10 Å². The molecule has 4 nitrogen and oxygen atoms in total. The molecule has 1 unspecified atom stereocenters. The second-order valence-corrected chi connectivity index (χ2v) is 4.62. The van der Waals surface area contributed by atoms with Gasteiger partial charge >= 0.3 is 0 Å². The number of hydrogen-bond donors (Lipinski definition) is 2. The van der Waals surface area contributed by atoms with Gasteiger partial charge in [-0.2, -0.15) is 0 Å². The summed E-state index contributed by atoms with van der Waals surface area (Å²) in [4.78, 5) is 12.0. The Balaban J connectivity index is 0.00000361. The first kappa shape index (κ1) is 18.7. The van der Waals surface area contributed by atoms with E-state index in [0.29, 0.717) is 19.5 Å². The molecule has 3 N–H and O–H groups in total. The molecule has 114 valence electrons. The Bertz CT molecular complexity index is 399. The minimum absolute atomic E-state index is 0. The van der Waals surface area contributed by atoms with Gasteiger partial charge in [-0.05, 0) is 50.4 Å². The lowest BCUT2D eigenvalue weighted by atomic mass is 10.2. The van der Waals surface area contributed by atoms with Crippen LogP contribution in [0.3, 0.4) is 0 Å². The average Bonchev–Trinajstić information content (AvgIpc) is 2.41. The Morgan fingerprint density at radius 2 is 2.15 bits per heavy atom. The van der Waals surface area contributed by atoms with Crippen LogP contribution >= 0.6 is 12.4 Å². The van der Waals surface area contributed by atoms with Crippen molar-refractivity contribution in [1.29, 1.82) is 0 Å². The van der Waals surface area contributed by atoms with Crippen LogP contribution in [0.1, 0.15) is 31.7 Å². The molecule has 0 aliphatic rings. The van der Waals surface area contributed by atoms with Gasteiger partial charge < -0.3 is 15.8 Å². The molecule has 0 aromatic heterocycles. The topological polar surface area (TPSA) is 64.3 Å². The number of rotatable bonds is 8. The number of halogens is 1. The number of unbranched alkanes of at least 4 members (excludes halogenated alkanes) is 1. The minimum Gasteiger partial charge on any atom is -0.481 e. The molecule has 1 aromatic rings. The van der Waals surface area contributed by atoms with Crippen LogP contribution in [0.2, 0.25) is 0 Å². The average molecular weight is 301 g/mol. The summed E-state index contributed by atoms with van der Waals surface area (Å²) < 4.78 is 5.73. The molecule has 5 heteroatoms. The maximum atomic E-state index is 12.0. The Hall–Kier alpha value is -1.26. The third-order valence-corrected chi connectivity index (χ3v) is 2.86. The van der Waals surface area contributed by atoms with Gasteiger partial charge in [0.1, 0.15) is 5.75 Å². The predicted molar refractivity (Wildman–Crippen MR) is 84.4 cm³/mol. The molecule has 20 heavy (non-hydrogen) atoms. The molecule has 0 saturated heterocycles. The van der Waals surface area contributed by atoms with Crippen LogP contribution in [-0.4, -0.2) is 25.1 Å². The number of nitrogens with one attached hydrogen (secondary N) is 1. The van der Waals surface area contributed by atoms with Crippen LogP contribution in [0.25, 0.3) is 0 Å². The van der Waals surface area contributed by atoms with Gasteiger partial charge in [-0.3, -0.25) is 4.79 Å². The predicted octanol–water partition coefficient (Wildman–Crippen LogP) is 2.43. The highest BCUT2D eigenvalue weighted by molar-refractivity contribution is 5.85. The first-order chi connectivity index (χ1) is 9.17. The van der Waals surface area contributed by atoms with E-state index in [9.17, 15) is 4.79 Å². The molecule has 1 aromatic carbocycles. The molecule has 1 amide bonds. The third-order valence-electron chi connectivity index (χ3n) is 2.86. The minimum atomic E-state index is -0.431. The summed E-state index contributed by atoms with van der Waals surface area (Å²) in [6, 6.07) is 7.74. The molecular weight excluding hydrogens is 276 g/mol. The fraction of sp³-hybridized carbons (Fsp3) is 0.533. The zero-order valence-corrected chi connectivity index (χ0v) is 13.0. The lowest BCUT2D eigenvalue weighted by Gasteiger charge is -2.17. The molecule has 1 rings (SSSR count). The van der Waals surface area contributed by atoms with Gasteiger partial charge in [0.15, 0.2) is 6.10 Å².